The fourth-order valence-corrected chi connectivity index (χ4v) is 3.62. The molecule has 0 aliphatic rings. The molecule has 0 aliphatic heterocycles. The van der Waals surface area contributed by atoms with Gasteiger partial charge in [0.1, 0.15) is 4.88 Å². The number of aromatic nitrogens is 1. The molecule has 3 rings (SSSR count). The van der Waals surface area contributed by atoms with Gasteiger partial charge in [-0.2, -0.15) is 0 Å². The van der Waals surface area contributed by atoms with Crippen LogP contribution in [0, 0.1) is 6.92 Å². The van der Waals surface area contributed by atoms with Gasteiger partial charge in [-0.1, -0.05) is 53.8 Å². The summed E-state index contributed by atoms with van der Waals surface area (Å²) in [6.07, 6.45) is 0. The van der Waals surface area contributed by atoms with Crippen molar-refractivity contribution in [3.63, 3.8) is 0 Å². The van der Waals surface area contributed by atoms with Crippen LogP contribution in [0.4, 0.5) is 5.13 Å². The Morgan fingerprint density at radius 1 is 1.04 bits per heavy atom. The summed E-state index contributed by atoms with van der Waals surface area (Å²) in [5.41, 5.74) is 3.11. The molecule has 3 aromatic rings. The second kappa shape index (κ2) is 8.73. The average molecular weight is 412 g/mol. The molecule has 8 heteroatoms. The molecule has 142 valence electrons. The molecule has 2 aromatic carbocycles. The first-order valence-corrected chi connectivity index (χ1v) is 9.54. The summed E-state index contributed by atoms with van der Waals surface area (Å²) < 4.78 is 4.70. The number of esters is 1. The molecule has 1 amide bonds. The summed E-state index contributed by atoms with van der Waals surface area (Å²) >= 11 is 6.28. The third-order valence-corrected chi connectivity index (χ3v) is 5.13. The molecular weight excluding hydrogens is 394 g/mol. The molecule has 0 unspecified atom stereocenters. The fraction of sp³-hybridized carbons (Fsp3) is 0.100. The van der Waals surface area contributed by atoms with E-state index in [1.54, 1.807) is 19.1 Å². The number of ether oxygens (including phenoxy) is 1. The summed E-state index contributed by atoms with van der Waals surface area (Å²) in [7, 11) is 1.31. The van der Waals surface area contributed by atoms with Crippen LogP contribution in [0.2, 0.25) is 0 Å². The van der Waals surface area contributed by atoms with Gasteiger partial charge in [-0.05, 0) is 42.4 Å². The molecule has 0 fully saturated rings. The lowest BCUT2D eigenvalue weighted by molar-refractivity contribution is 0.0605. The maximum Gasteiger partial charge on any atom is 0.350 e. The SMILES string of the molecule is COC(=O)c1sc(NC(=S)NC(=O)c2ccc(-c3ccccc3)cc2)nc1C. The third-order valence-electron chi connectivity index (χ3n) is 3.87. The number of hydrogen-bond acceptors (Lipinski definition) is 6. The van der Waals surface area contributed by atoms with Gasteiger partial charge >= 0.3 is 5.97 Å². The smallest absolute Gasteiger partial charge is 0.350 e. The van der Waals surface area contributed by atoms with Crippen molar-refractivity contribution in [3.05, 3.63) is 70.7 Å². The number of nitrogens with one attached hydrogen (secondary N) is 2. The van der Waals surface area contributed by atoms with Crippen LogP contribution >= 0.6 is 23.6 Å². The number of carbonyl (C=O) groups is 2. The lowest BCUT2D eigenvalue weighted by atomic mass is 10.0. The molecule has 6 nitrogen and oxygen atoms in total. The van der Waals surface area contributed by atoms with Crippen molar-refractivity contribution >= 4 is 45.7 Å². The van der Waals surface area contributed by atoms with E-state index in [-0.39, 0.29) is 11.0 Å². The predicted molar refractivity (Wildman–Crippen MR) is 114 cm³/mol. The van der Waals surface area contributed by atoms with Gasteiger partial charge in [-0.15, -0.1) is 0 Å². The quantitative estimate of drug-likeness (QED) is 0.498. The number of amides is 1. The number of carbonyl (C=O) groups excluding carboxylic acids is 2. The Morgan fingerprint density at radius 3 is 2.32 bits per heavy atom. The minimum atomic E-state index is -0.462. The van der Waals surface area contributed by atoms with E-state index >= 15 is 0 Å². The fourth-order valence-electron chi connectivity index (χ4n) is 2.48. The van der Waals surface area contributed by atoms with E-state index in [1.165, 1.54) is 7.11 Å². The lowest BCUT2D eigenvalue weighted by Gasteiger charge is -2.08. The van der Waals surface area contributed by atoms with Gasteiger partial charge in [0.25, 0.3) is 5.91 Å². The molecule has 0 atom stereocenters. The van der Waals surface area contributed by atoms with Crippen LogP contribution in [0.5, 0.6) is 0 Å². The van der Waals surface area contributed by atoms with Crippen molar-refractivity contribution in [1.82, 2.24) is 10.3 Å². The zero-order chi connectivity index (χ0) is 20.1. The van der Waals surface area contributed by atoms with E-state index in [4.69, 9.17) is 17.0 Å². The van der Waals surface area contributed by atoms with Crippen molar-refractivity contribution in [2.45, 2.75) is 6.92 Å². The standard InChI is InChI=1S/C20H17N3O3S2/c1-12-16(18(25)26-2)28-20(21-12)23-19(27)22-17(24)15-10-8-14(9-11-15)13-6-4-3-5-7-13/h3-11H,1-2H3,(H2,21,22,23,24,27). The van der Waals surface area contributed by atoms with Crippen molar-refractivity contribution in [2.75, 3.05) is 12.4 Å². The molecule has 0 bridgehead atoms. The van der Waals surface area contributed by atoms with E-state index in [0.717, 1.165) is 22.5 Å². The number of benzene rings is 2. The minimum absolute atomic E-state index is 0.0994. The highest BCUT2D eigenvalue weighted by atomic mass is 32.1. The molecule has 0 saturated carbocycles. The van der Waals surface area contributed by atoms with Crippen LogP contribution < -0.4 is 10.6 Å². The van der Waals surface area contributed by atoms with E-state index in [0.29, 0.717) is 21.3 Å². The summed E-state index contributed by atoms with van der Waals surface area (Å²) in [4.78, 5) is 28.6. The van der Waals surface area contributed by atoms with Crippen molar-refractivity contribution in [1.29, 1.82) is 0 Å². The third kappa shape index (κ3) is 4.59. The number of aryl methyl sites for hydroxylation is 1. The molecule has 28 heavy (non-hydrogen) atoms. The molecular formula is C20H17N3O3S2. The monoisotopic (exact) mass is 411 g/mol. The summed E-state index contributed by atoms with van der Waals surface area (Å²) in [6.45, 7) is 1.70. The Kier molecular flexibility index (Phi) is 6.13. The molecule has 1 heterocycles. The van der Waals surface area contributed by atoms with E-state index < -0.39 is 5.97 Å². The number of thiazole rings is 1. The average Bonchev–Trinajstić information content (AvgIpc) is 3.08. The van der Waals surface area contributed by atoms with Gasteiger partial charge in [0, 0.05) is 5.56 Å². The number of rotatable bonds is 4. The Hall–Kier alpha value is -3.10. The number of nitrogens with zero attached hydrogens (tertiary/aromatic N) is 1. The van der Waals surface area contributed by atoms with Crippen LogP contribution in [0.1, 0.15) is 25.7 Å². The molecule has 0 saturated heterocycles. The van der Waals surface area contributed by atoms with E-state index in [9.17, 15) is 9.59 Å². The first-order chi connectivity index (χ1) is 13.5. The minimum Gasteiger partial charge on any atom is -0.465 e. The van der Waals surface area contributed by atoms with Gasteiger partial charge in [-0.25, -0.2) is 9.78 Å². The summed E-state index contributed by atoms with van der Waals surface area (Å²) in [5, 5.41) is 5.93. The van der Waals surface area contributed by atoms with E-state index in [1.807, 2.05) is 42.5 Å². The second-order valence-electron chi connectivity index (χ2n) is 5.78. The van der Waals surface area contributed by atoms with Crippen molar-refractivity contribution in [3.8, 4) is 11.1 Å². The zero-order valence-corrected chi connectivity index (χ0v) is 16.8. The Labute approximate surface area is 171 Å². The first kappa shape index (κ1) is 19.7. The van der Waals surface area contributed by atoms with Crippen LogP contribution in [0.25, 0.3) is 11.1 Å². The molecule has 0 spiro atoms. The lowest BCUT2D eigenvalue weighted by Crippen LogP contribution is -2.34. The van der Waals surface area contributed by atoms with Crippen LogP contribution in [0.15, 0.2) is 54.6 Å². The summed E-state index contributed by atoms with van der Waals surface area (Å²) in [6, 6.07) is 17.1. The maximum atomic E-state index is 12.4. The highest BCUT2D eigenvalue weighted by molar-refractivity contribution is 7.80. The highest BCUT2D eigenvalue weighted by Crippen LogP contribution is 2.23. The van der Waals surface area contributed by atoms with Gasteiger partial charge in [0.05, 0.1) is 12.8 Å². The van der Waals surface area contributed by atoms with Crippen LogP contribution in [-0.4, -0.2) is 29.1 Å². The normalized spacial score (nSPS) is 10.2. The number of hydrogen-bond donors (Lipinski definition) is 2. The van der Waals surface area contributed by atoms with Crippen LogP contribution in [-0.2, 0) is 4.74 Å². The van der Waals surface area contributed by atoms with Gasteiger partial charge in [0.2, 0.25) is 0 Å². The Balaban J connectivity index is 1.63. The van der Waals surface area contributed by atoms with Crippen molar-refractivity contribution in [2.24, 2.45) is 0 Å². The summed E-state index contributed by atoms with van der Waals surface area (Å²) in [5.74, 6) is -0.796. The number of methoxy groups -OCH3 is 1. The second-order valence-corrected chi connectivity index (χ2v) is 7.18. The number of anilines is 1. The molecule has 0 aliphatic carbocycles. The van der Waals surface area contributed by atoms with Gasteiger partial charge in [0.15, 0.2) is 10.2 Å². The topological polar surface area (TPSA) is 80.3 Å². The maximum absolute atomic E-state index is 12.4. The van der Waals surface area contributed by atoms with Crippen molar-refractivity contribution < 1.29 is 14.3 Å². The Bertz CT molecular complexity index is 1010. The first-order valence-electron chi connectivity index (χ1n) is 8.31. The van der Waals surface area contributed by atoms with E-state index in [2.05, 4.69) is 15.6 Å². The molecule has 2 N–H and O–H groups in total. The van der Waals surface area contributed by atoms with Gasteiger partial charge < -0.3 is 10.1 Å². The molecule has 0 radical (unpaired) electrons. The largest absolute Gasteiger partial charge is 0.465 e. The Morgan fingerprint density at radius 2 is 1.68 bits per heavy atom. The zero-order valence-electron chi connectivity index (χ0n) is 15.2. The number of thiocarbonyl (C=S) groups is 1. The highest BCUT2D eigenvalue weighted by Gasteiger charge is 2.17. The van der Waals surface area contributed by atoms with Crippen LogP contribution in [0.3, 0.4) is 0 Å². The molecule has 1 aromatic heterocycles. The van der Waals surface area contributed by atoms with Gasteiger partial charge in [-0.3, -0.25) is 10.1 Å². The predicted octanol–water partition coefficient (Wildman–Crippen LogP) is 4.03.